The van der Waals surface area contributed by atoms with Gasteiger partial charge in [-0.1, -0.05) is 12.1 Å². The summed E-state index contributed by atoms with van der Waals surface area (Å²) >= 11 is 0. The highest BCUT2D eigenvalue weighted by atomic mass is 15.2. The average Bonchev–Trinajstić information content (AvgIpc) is 2.88. The summed E-state index contributed by atoms with van der Waals surface area (Å²) in [6.45, 7) is 0. The van der Waals surface area contributed by atoms with Crippen LogP contribution in [0.5, 0.6) is 0 Å². The zero-order chi connectivity index (χ0) is 9.38. The molecule has 0 spiro atoms. The van der Waals surface area contributed by atoms with Gasteiger partial charge in [0.2, 0.25) is 0 Å². The summed E-state index contributed by atoms with van der Waals surface area (Å²) in [6, 6.07) is 9.08. The molecule has 3 aromatic rings. The first-order valence-corrected chi connectivity index (χ1v) is 4.29. The minimum atomic E-state index is 0.700. The van der Waals surface area contributed by atoms with Crippen molar-refractivity contribution >= 4 is 10.9 Å². The maximum Gasteiger partial charge on any atom is 0.181 e. The van der Waals surface area contributed by atoms with Crippen LogP contribution in [0.25, 0.3) is 22.3 Å². The van der Waals surface area contributed by atoms with E-state index in [-0.39, 0.29) is 0 Å². The van der Waals surface area contributed by atoms with Crippen LogP contribution in [-0.2, 0) is 0 Å². The maximum absolute atomic E-state index is 4.12. The topological polar surface area (TPSA) is 57.4 Å². The van der Waals surface area contributed by atoms with E-state index in [1.54, 1.807) is 12.5 Å². The Bertz CT molecular complexity index is 550. The largest absolute Gasteiger partial charge is 0.361 e. The van der Waals surface area contributed by atoms with Gasteiger partial charge < -0.3 is 4.98 Å². The lowest BCUT2D eigenvalue weighted by Crippen LogP contribution is -1.81. The first kappa shape index (κ1) is 7.32. The Balaban J connectivity index is 2.36. The third-order valence-corrected chi connectivity index (χ3v) is 2.16. The predicted octanol–water partition coefficient (Wildman–Crippen LogP) is 1.75. The maximum atomic E-state index is 4.12. The van der Waals surface area contributed by atoms with E-state index in [0.717, 1.165) is 16.5 Å². The van der Waals surface area contributed by atoms with Crippen LogP contribution < -0.4 is 0 Å². The molecule has 1 aromatic carbocycles. The van der Waals surface area contributed by atoms with Gasteiger partial charge in [-0.25, -0.2) is 4.98 Å². The van der Waals surface area contributed by atoms with E-state index in [1.165, 1.54) is 0 Å². The van der Waals surface area contributed by atoms with Gasteiger partial charge in [0.1, 0.15) is 6.33 Å². The van der Waals surface area contributed by atoms with Gasteiger partial charge in [0, 0.05) is 28.7 Å². The molecule has 3 rings (SSSR count). The molecule has 0 bridgehead atoms. The number of nitrogens with zero attached hydrogens (tertiary/aromatic N) is 2. The summed E-state index contributed by atoms with van der Waals surface area (Å²) < 4.78 is 0. The monoisotopic (exact) mass is 183 g/mol. The summed E-state index contributed by atoms with van der Waals surface area (Å²) in [6.07, 6.45) is 3.36. The molecule has 67 valence electrons. The summed E-state index contributed by atoms with van der Waals surface area (Å²) in [5.74, 6) is 0.700. The van der Waals surface area contributed by atoms with Crippen LogP contribution in [0.3, 0.4) is 0 Å². The van der Waals surface area contributed by atoms with E-state index in [2.05, 4.69) is 26.2 Å². The number of rotatable bonds is 1. The van der Waals surface area contributed by atoms with Crippen LogP contribution >= 0.6 is 0 Å². The number of hydrogen-bond donors (Lipinski definition) is 2. The van der Waals surface area contributed by atoms with Gasteiger partial charge in [-0.15, -0.1) is 0 Å². The highest BCUT2D eigenvalue weighted by molar-refractivity contribution is 5.92. The van der Waals surface area contributed by atoms with Crippen LogP contribution in [0.2, 0.25) is 0 Å². The molecule has 0 unspecified atom stereocenters. The lowest BCUT2D eigenvalue weighted by Gasteiger charge is -1.96. The lowest BCUT2D eigenvalue weighted by molar-refractivity contribution is 1.10. The number of hydrogen-bond acceptors (Lipinski definition) is 2. The van der Waals surface area contributed by atoms with Gasteiger partial charge in [0.15, 0.2) is 5.82 Å². The lowest BCUT2D eigenvalue weighted by atomic mass is 10.1. The third kappa shape index (κ3) is 0.939. The van der Waals surface area contributed by atoms with Crippen molar-refractivity contribution in [2.45, 2.75) is 0 Å². The third-order valence-electron chi connectivity index (χ3n) is 2.16. The van der Waals surface area contributed by atoms with Crippen molar-refractivity contribution in [1.82, 2.24) is 20.2 Å². The van der Waals surface area contributed by atoms with Crippen LogP contribution in [-0.4, -0.2) is 20.2 Å². The number of H-pyrrole nitrogens is 2. The molecule has 0 aliphatic heterocycles. The van der Waals surface area contributed by atoms with Crippen LogP contribution in [0.4, 0.5) is 0 Å². The molecule has 1 radical (unpaired) electrons. The molecule has 14 heavy (non-hydrogen) atoms. The Morgan fingerprint density at radius 2 is 2.29 bits per heavy atom. The second-order valence-corrected chi connectivity index (χ2v) is 2.98. The molecular formula is C10H7N4. The van der Waals surface area contributed by atoms with Crippen molar-refractivity contribution in [3.8, 4) is 11.4 Å². The van der Waals surface area contributed by atoms with Crippen LogP contribution in [0.1, 0.15) is 0 Å². The Labute approximate surface area is 80.0 Å². The van der Waals surface area contributed by atoms with E-state index >= 15 is 0 Å². The van der Waals surface area contributed by atoms with Crippen molar-refractivity contribution in [1.29, 1.82) is 0 Å². The molecule has 2 heterocycles. The second-order valence-electron chi connectivity index (χ2n) is 2.98. The normalized spacial score (nSPS) is 10.9. The van der Waals surface area contributed by atoms with Crippen molar-refractivity contribution in [3.63, 3.8) is 0 Å². The van der Waals surface area contributed by atoms with E-state index in [1.807, 2.05) is 18.2 Å². The zero-order valence-electron chi connectivity index (χ0n) is 7.28. The molecule has 0 amide bonds. The second kappa shape index (κ2) is 2.70. The molecular weight excluding hydrogens is 176 g/mol. The quantitative estimate of drug-likeness (QED) is 0.603. The Morgan fingerprint density at radius 1 is 1.29 bits per heavy atom. The number of fused-ring (bicyclic) bond motifs is 1. The van der Waals surface area contributed by atoms with E-state index in [0.29, 0.717) is 5.82 Å². The fourth-order valence-corrected chi connectivity index (χ4v) is 1.54. The molecule has 0 saturated carbocycles. The minimum absolute atomic E-state index is 0.700. The number of benzene rings is 1. The number of nitrogens with one attached hydrogen (secondary N) is 2. The average molecular weight is 183 g/mol. The highest BCUT2D eigenvalue weighted by Gasteiger charge is 2.06. The smallest absolute Gasteiger partial charge is 0.181 e. The van der Waals surface area contributed by atoms with Crippen molar-refractivity contribution in [2.24, 2.45) is 0 Å². The number of aromatic nitrogens is 4. The van der Waals surface area contributed by atoms with Crippen LogP contribution in [0.15, 0.2) is 30.7 Å². The fraction of sp³-hybridized carbons (Fsp3) is 0. The van der Waals surface area contributed by atoms with Gasteiger partial charge in [-0.05, 0) is 6.07 Å². The van der Waals surface area contributed by atoms with Gasteiger partial charge in [-0.2, -0.15) is 5.10 Å². The molecule has 0 saturated heterocycles. The molecule has 0 aliphatic rings. The first-order chi connectivity index (χ1) is 6.95. The van der Waals surface area contributed by atoms with Crippen molar-refractivity contribution in [2.75, 3.05) is 0 Å². The van der Waals surface area contributed by atoms with Crippen molar-refractivity contribution in [3.05, 3.63) is 36.8 Å². The van der Waals surface area contributed by atoms with E-state index in [9.17, 15) is 0 Å². The van der Waals surface area contributed by atoms with E-state index in [4.69, 9.17) is 0 Å². The van der Waals surface area contributed by atoms with Gasteiger partial charge in [0.05, 0.1) is 0 Å². The molecule has 4 nitrogen and oxygen atoms in total. The molecule has 2 aromatic heterocycles. The zero-order valence-corrected chi connectivity index (χ0v) is 7.28. The number of aromatic amines is 2. The summed E-state index contributed by atoms with van der Waals surface area (Å²) in [7, 11) is 0. The molecule has 4 heteroatoms. The Kier molecular flexibility index (Phi) is 1.41. The molecule has 2 N–H and O–H groups in total. The molecule has 0 fully saturated rings. The Morgan fingerprint density at radius 3 is 3.14 bits per heavy atom. The van der Waals surface area contributed by atoms with Gasteiger partial charge >= 0.3 is 0 Å². The predicted molar refractivity (Wildman–Crippen MR) is 52.5 cm³/mol. The fourth-order valence-electron chi connectivity index (χ4n) is 1.54. The first-order valence-electron chi connectivity index (χ1n) is 4.29. The standard InChI is InChI=1S/C10H7N4/c1-2-8(10-12-6-13-14-10)7-4-5-11-9(7)3-1/h1-3,5-6,11H,(H,12,13,14). The van der Waals surface area contributed by atoms with Crippen molar-refractivity contribution < 1.29 is 0 Å². The SMILES string of the molecule is [c]1c[nH]c2cccc(-c3nc[nH]n3)c12. The summed E-state index contributed by atoms with van der Waals surface area (Å²) in [5.41, 5.74) is 2.04. The summed E-state index contributed by atoms with van der Waals surface area (Å²) in [4.78, 5) is 7.22. The molecule has 0 atom stereocenters. The summed E-state index contributed by atoms with van der Waals surface area (Å²) in [5, 5.41) is 7.77. The Hall–Kier alpha value is -2.10. The van der Waals surface area contributed by atoms with E-state index < -0.39 is 0 Å². The van der Waals surface area contributed by atoms with Gasteiger partial charge in [-0.3, -0.25) is 5.10 Å². The van der Waals surface area contributed by atoms with Gasteiger partial charge in [0.25, 0.3) is 0 Å². The minimum Gasteiger partial charge on any atom is -0.361 e. The molecule has 0 aliphatic carbocycles. The highest BCUT2D eigenvalue weighted by Crippen LogP contribution is 2.24. The van der Waals surface area contributed by atoms with Crippen LogP contribution in [0, 0.1) is 6.07 Å².